The van der Waals surface area contributed by atoms with Gasteiger partial charge in [-0.3, -0.25) is 0 Å². The Labute approximate surface area is 105 Å². The molecule has 1 rings (SSSR count). The molecule has 1 aliphatic carbocycles. The average molecular weight is 245 g/mol. The number of aliphatic hydroxyl groups is 2. The van der Waals surface area contributed by atoms with Gasteiger partial charge >= 0.3 is 0 Å². The van der Waals surface area contributed by atoms with Crippen molar-refractivity contribution in [2.45, 2.75) is 57.3 Å². The third-order valence-electron chi connectivity index (χ3n) is 3.24. The first-order valence-electron chi connectivity index (χ1n) is 6.62. The van der Waals surface area contributed by atoms with Crippen LogP contribution in [0.15, 0.2) is 0 Å². The van der Waals surface area contributed by atoms with Gasteiger partial charge in [-0.1, -0.05) is 12.8 Å². The van der Waals surface area contributed by atoms with E-state index in [4.69, 9.17) is 4.74 Å². The van der Waals surface area contributed by atoms with Crippen molar-refractivity contribution < 1.29 is 14.9 Å². The van der Waals surface area contributed by atoms with Gasteiger partial charge in [0.15, 0.2) is 0 Å². The Hall–Kier alpha value is -0.160. The number of rotatable bonds is 7. The third-order valence-corrected chi connectivity index (χ3v) is 3.24. The summed E-state index contributed by atoms with van der Waals surface area (Å²) >= 11 is 0. The SMILES string of the molecule is CC(C)OCC(O)CN(C)CC1(O)CCCC1. The second-order valence-corrected chi connectivity index (χ2v) is 5.66. The molecule has 1 fully saturated rings. The Kier molecular flexibility index (Phi) is 5.86. The molecule has 1 saturated carbocycles. The predicted molar refractivity (Wildman–Crippen MR) is 68.0 cm³/mol. The Bertz CT molecular complexity index is 215. The van der Waals surface area contributed by atoms with Gasteiger partial charge in [-0.25, -0.2) is 0 Å². The van der Waals surface area contributed by atoms with E-state index in [1.165, 1.54) is 0 Å². The van der Waals surface area contributed by atoms with Crippen molar-refractivity contribution in [2.75, 3.05) is 26.7 Å². The molecule has 0 amide bonds. The normalized spacial score (nSPS) is 21.4. The summed E-state index contributed by atoms with van der Waals surface area (Å²) < 4.78 is 5.36. The van der Waals surface area contributed by atoms with Gasteiger partial charge in [-0.05, 0) is 33.7 Å². The van der Waals surface area contributed by atoms with Crippen LogP contribution in [0.4, 0.5) is 0 Å². The lowest BCUT2D eigenvalue weighted by Crippen LogP contribution is -2.43. The Morgan fingerprint density at radius 1 is 1.29 bits per heavy atom. The highest BCUT2D eigenvalue weighted by molar-refractivity contribution is 4.87. The van der Waals surface area contributed by atoms with E-state index < -0.39 is 11.7 Å². The second kappa shape index (κ2) is 6.69. The molecule has 1 unspecified atom stereocenters. The van der Waals surface area contributed by atoms with Gasteiger partial charge in [-0.15, -0.1) is 0 Å². The number of hydrogen-bond donors (Lipinski definition) is 2. The highest BCUT2D eigenvalue weighted by Gasteiger charge is 2.32. The molecule has 2 N–H and O–H groups in total. The smallest absolute Gasteiger partial charge is 0.0900 e. The molecule has 0 spiro atoms. The van der Waals surface area contributed by atoms with E-state index in [-0.39, 0.29) is 6.10 Å². The first-order valence-corrected chi connectivity index (χ1v) is 6.62. The first kappa shape index (κ1) is 14.9. The number of aliphatic hydroxyl groups excluding tert-OH is 1. The van der Waals surface area contributed by atoms with Crippen LogP contribution in [0, 0.1) is 0 Å². The molecule has 0 saturated heterocycles. The lowest BCUT2D eigenvalue weighted by Gasteiger charge is -2.29. The number of hydrogen-bond acceptors (Lipinski definition) is 4. The third kappa shape index (κ3) is 5.82. The van der Waals surface area contributed by atoms with Crippen LogP contribution in [0.25, 0.3) is 0 Å². The second-order valence-electron chi connectivity index (χ2n) is 5.66. The molecule has 0 aromatic heterocycles. The number of nitrogens with zero attached hydrogens (tertiary/aromatic N) is 1. The van der Waals surface area contributed by atoms with Crippen LogP contribution in [0.3, 0.4) is 0 Å². The van der Waals surface area contributed by atoms with Crippen LogP contribution >= 0.6 is 0 Å². The summed E-state index contributed by atoms with van der Waals surface area (Å²) in [6.45, 7) is 5.47. The first-order chi connectivity index (χ1) is 7.91. The molecule has 0 aliphatic heterocycles. The highest BCUT2D eigenvalue weighted by atomic mass is 16.5. The van der Waals surface area contributed by atoms with E-state index in [2.05, 4.69) is 0 Å². The van der Waals surface area contributed by atoms with Crippen molar-refractivity contribution in [3.05, 3.63) is 0 Å². The minimum Gasteiger partial charge on any atom is -0.389 e. The molecule has 102 valence electrons. The summed E-state index contributed by atoms with van der Waals surface area (Å²) in [6, 6.07) is 0. The molecule has 1 atom stereocenters. The van der Waals surface area contributed by atoms with Crippen LogP contribution in [0.1, 0.15) is 39.5 Å². The summed E-state index contributed by atoms with van der Waals surface area (Å²) in [4.78, 5) is 2.00. The van der Waals surface area contributed by atoms with Crippen LogP contribution in [-0.4, -0.2) is 59.7 Å². The molecule has 0 aromatic carbocycles. The van der Waals surface area contributed by atoms with E-state index in [1.807, 2.05) is 25.8 Å². The topological polar surface area (TPSA) is 52.9 Å². The molecule has 0 aromatic rings. The summed E-state index contributed by atoms with van der Waals surface area (Å²) in [5, 5.41) is 20.0. The van der Waals surface area contributed by atoms with E-state index in [9.17, 15) is 10.2 Å². The van der Waals surface area contributed by atoms with Crippen molar-refractivity contribution in [3.63, 3.8) is 0 Å². The maximum Gasteiger partial charge on any atom is 0.0900 e. The maximum atomic E-state index is 10.2. The summed E-state index contributed by atoms with van der Waals surface area (Å²) in [7, 11) is 1.94. The van der Waals surface area contributed by atoms with Gasteiger partial charge in [0.2, 0.25) is 0 Å². The van der Waals surface area contributed by atoms with E-state index in [0.29, 0.717) is 19.7 Å². The highest BCUT2D eigenvalue weighted by Crippen LogP contribution is 2.29. The van der Waals surface area contributed by atoms with E-state index in [1.54, 1.807) is 0 Å². The number of ether oxygens (including phenoxy) is 1. The zero-order valence-corrected chi connectivity index (χ0v) is 11.4. The van der Waals surface area contributed by atoms with Gasteiger partial charge < -0.3 is 19.8 Å². The predicted octanol–water partition coefficient (Wildman–Crippen LogP) is 1.01. The fourth-order valence-corrected chi connectivity index (χ4v) is 2.47. The molecule has 17 heavy (non-hydrogen) atoms. The summed E-state index contributed by atoms with van der Waals surface area (Å²) in [5.41, 5.74) is -0.534. The van der Waals surface area contributed by atoms with Gasteiger partial charge in [0.1, 0.15) is 0 Å². The Morgan fingerprint density at radius 3 is 2.41 bits per heavy atom. The molecule has 4 nitrogen and oxygen atoms in total. The van der Waals surface area contributed by atoms with Crippen LogP contribution < -0.4 is 0 Å². The Morgan fingerprint density at radius 2 is 1.88 bits per heavy atom. The average Bonchev–Trinajstić information content (AvgIpc) is 2.61. The largest absolute Gasteiger partial charge is 0.389 e. The lowest BCUT2D eigenvalue weighted by atomic mass is 10.0. The minimum absolute atomic E-state index is 0.147. The fourth-order valence-electron chi connectivity index (χ4n) is 2.47. The monoisotopic (exact) mass is 245 g/mol. The van der Waals surface area contributed by atoms with Crippen LogP contribution in [-0.2, 0) is 4.74 Å². The standard InChI is InChI=1S/C13H27NO3/c1-11(2)17-9-12(15)8-14(3)10-13(16)6-4-5-7-13/h11-12,15-16H,4-10H2,1-3H3. The molecule has 0 radical (unpaired) electrons. The van der Waals surface area contributed by atoms with Crippen LogP contribution in [0.2, 0.25) is 0 Å². The van der Waals surface area contributed by atoms with Gasteiger partial charge in [0, 0.05) is 13.1 Å². The molecule has 0 heterocycles. The zero-order valence-electron chi connectivity index (χ0n) is 11.4. The van der Waals surface area contributed by atoms with Crippen molar-refractivity contribution in [2.24, 2.45) is 0 Å². The fraction of sp³-hybridized carbons (Fsp3) is 1.00. The lowest BCUT2D eigenvalue weighted by molar-refractivity contribution is -0.0252. The van der Waals surface area contributed by atoms with Gasteiger partial charge in [0.25, 0.3) is 0 Å². The van der Waals surface area contributed by atoms with Crippen LogP contribution in [0.5, 0.6) is 0 Å². The summed E-state index contributed by atoms with van der Waals surface area (Å²) in [5.74, 6) is 0. The van der Waals surface area contributed by atoms with Crippen molar-refractivity contribution in [3.8, 4) is 0 Å². The number of likely N-dealkylation sites (N-methyl/N-ethyl adjacent to an activating group) is 1. The van der Waals surface area contributed by atoms with Crippen molar-refractivity contribution in [1.29, 1.82) is 0 Å². The Balaban J connectivity index is 2.21. The van der Waals surface area contributed by atoms with Gasteiger partial charge in [0.05, 0.1) is 24.4 Å². The molecule has 4 heteroatoms. The molecule has 0 bridgehead atoms. The maximum absolute atomic E-state index is 10.2. The van der Waals surface area contributed by atoms with E-state index in [0.717, 1.165) is 25.7 Å². The van der Waals surface area contributed by atoms with Crippen molar-refractivity contribution in [1.82, 2.24) is 4.90 Å². The van der Waals surface area contributed by atoms with Gasteiger partial charge in [-0.2, -0.15) is 0 Å². The molecular weight excluding hydrogens is 218 g/mol. The summed E-state index contributed by atoms with van der Waals surface area (Å²) in [6.07, 6.45) is 3.67. The minimum atomic E-state index is -0.534. The molecular formula is C13H27NO3. The molecule has 1 aliphatic rings. The quantitative estimate of drug-likeness (QED) is 0.703. The zero-order chi connectivity index (χ0) is 12.9. The van der Waals surface area contributed by atoms with Crippen molar-refractivity contribution >= 4 is 0 Å². The van der Waals surface area contributed by atoms with E-state index >= 15 is 0 Å².